The van der Waals surface area contributed by atoms with Crippen LogP contribution in [0.25, 0.3) is 11.4 Å². The van der Waals surface area contributed by atoms with Crippen LogP contribution in [0.15, 0.2) is 16.7 Å². The molecule has 4 rings (SSSR count). The lowest BCUT2D eigenvalue weighted by atomic mass is 9.92. The Kier molecular flexibility index (Phi) is 5.41. The molecule has 1 saturated heterocycles. The van der Waals surface area contributed by atoms with Gasteiger partial charge in [0.05, 0.1) is 11.7 Å². The Morgan fingerprint density at radius 3 is 2.63 bits per heavy atom. The van der Waals surface area contributed by atoms with Crippen molar-refractivity contribution in [3.8, 4) is 11.4 Å². The van der Waals surface area contributed by atoms with Crippen molar-refractivity contribution >= 4 is 5.82 Å². The van der Waals surface area contributed by atoms with E-state index in [1.807, 2.05) is 19.1 Å². The van der Waals surface area contributed by atoms with E-state index in [2.05, 4.69) is 20.4 Å². The number of piperidine rings is 1. The van der Waals surface area contributed by atoms with Crippen LogP contribution in [0.2, 0.25) is 0 Å². The summed E-state index contributed by atoms with van der Waals surface area (Å²) in [7, 11) is 0. The molecule has 1 saturated carbocycles. The van der Waals surface area contributed by atoms with Crippen molar-refractivity contribution < 1.29 is 9.63 Å². The molecule has 0 radical (unpaired) electrons. The second kappa shape index (κ2) is 7.94. The first kappa shape index (κ1) is 18.4. The van der Waals surface area contributed by atoms with Crippen molar-refractivity contribution in [1.82, 2.24) is 20.4 Å². The standard InChI is InChI=1S/C20H29N5O2/c1-13-8-9-16(19-22-14(2)27-24-19)20(21-13)25-11-10-17(18(26)12-25)23-15-6-4-3-5-7-15/h8-9,15,17-18,23,26H,3-7,10-12H2,1-2H3/t17-,18+/m0/s1. The van der Waals surface area contributed by atoms with Gasteiger partial charge in [-0.25, -0.2) is 4.98 Å². The lowest BCUT2D eigenvalue weighted by molar-refractivity contribution is 0.103. The van der Waals surface area contributed by atoms with Crippen LogP contribution in [0.4, 0.5) is 5.82 Å². The highest BCUT2D eigenvalue weighted by Gasteiger charge is 2.31. The third-order valence-corrected chi connectivity index (χ3v) is 5.72. The molecule has 2 fully saturated rings. The molecule has 1 aliphatic carbocycles. The van der Waals surface area contributed by atoms with E-state index < -0.39 is 6.10 Å². The van der Waals surface area contributed by atoms with Crippen LogP contribution in [0.1, 0.15) is 50.1 Å². The van der Waals surface area contributed by atoms with E-state index in [0.717, 1.165) is 30.0 Å². The van der Waals surface area contributed by atoms with Crippen molar-refractivity contribution in [2.24, 2.45) is 0 Å². The Hall–Kier alpha value is -1.99. The van der Waals surface area contributed by atoms with Gasteiger partial charge < -0.3 is 19.8 Å². The van der Waals surface area contributed by atoms with E-state index in [1.165, 1.54) is 32.1 Å². The Morgan fingerprint density at radius 1 is 1.11 bits per heavy atom. The molecular formula is C20H29N5O2. The van der Waals surface area contributed by atoms with E-state index in [9.17, 15) is 5.11 Å². The van der Waals surface area contributed by atoms with Crippen LogP contribution < -0.4 is 10.2 Å². The molecule has 3 heterocycles. The fourth-order valence-electron chi connectivity index (χ4n) is 4.26. The fourth-order valence-corrected chi connectivity index (χ4v) is 4.26. The van der Waals surface area contributed by atoms with Gasteiger partial charge in [0.25, 0.3) is 0 Å². The molecule has 27 heavy (non-hydrogen) atoms. The summed E-state index contributed by atoms with van der Waals surface area (Å²) in [6.07, 6.45) is 6.89. The molecule has 2 aliphatic rings. The smallest absolute Gasteiger partial charge is 0.223 e. The first-order valence-corrected chi connectivity index (χ1v) is 10.1. The Bertz CT molecular complexity index is 771. The monoisotopic (exact) mass is 371 g/mol. The molecule has 0 bridgehead atoms. The average molecular weight is 371 g/mol. The molecular weight excluding hydrogens is 342 g/mol. The number of β-amino-alcohol motifs (C(OH)–C–C–N with tert-alkyl or cyclic N) is 1. The molecule has 7 heteroatoms. The van der Waals surface area contributed by atoms with Crippen LogP contribution >= 0.6 is 0 Å². The van der Waals surface area contributed by atoms with Gasteiger partial charge >= 0.3 is 0 Å². The van der Waals surface area contributed by atoms with Crippen molar-refractivity contribution in [2.45, 2.75) is 70.6 Å². The van der Waals surface area contributed by atoms with E-state index in [1.54, 1.807) is 6.92 Å². The number of pyridine rings is 1. The molecule has 146 valence electrons. The molecule has 1 aliphatic heterocycles. The number of aliphatic hydroxyl groups excluding tert-OH is 1. The van der Waals surface area contributed by atoms with Crippen LogP contribution in [-0.2, 0) is 0 Å². The molecule has 0 spiro atoms. The normalized spacial score (nSPS) is 24.3. The molecule has 0 amide bonds. The largest absolute Gasteiger partial charge is 0.390 e. The summed E-state index contributed by atoms with van der Waals surface area (Å²) in [5, 5.41) is 18.5. The summed E-state index contributed by atoms with van der Waals surface area (Å²) >= 11 is 0. The van der Waals surface area contributed by atoms with Gasteiger partial charge in [-0.1, -0.05) is 24.4 Å². The number of anilines is 1. The van der Waals surface area contributed by atoms with Gasteiger partial charge in [-0.05, 0) is 38.3 Å². The van der Waals surface area contributed by atoms with Crippen LogP contribution in [0.3, 0.4) is 0 Å². The molecule has 7 nitrogen and oxygen atoms in total. The number of nitrogens with zero attached hydrogens (tertiary/aromatic N) is 4. The van der Waals surface area contributed by atoms with Crippen molar-refractivity contribution in [1.29, 1.82) is 0 Å². The van der Waals surface area contributed by atoms with Gasteiger partial charge in [0.15, 0.2) is 0 Å². The summed E-state index contributed by atoms with van der Waals surface area (Å²) < 4.78 is 5.15. The van der Waals surface area contributed by atoms with Crippen molar-refractivity contribution in [3.05, 3.63) is 23.7 Å². The molecule has 2 aromatic heterocycles. The first-order valence-electron chi connectivity index (χ1n) is 10.1. The van der Waals surface area contributed by atoms with E-state index in [-0.39, 0.29) is 6.04 Å². The second-order valence-electron chi connectivity index (χ2n) is 7.87. The quantitative estimate of drug-likeness (QED) is 0.854. The predicted octanol–water partition coefficient (Wildman–Crippen LogP) is 2.61. The molecule has 0 unspecified atom stereocenters. The van der Waals surface area contributed by atoms with Gasteiger partial charge in [-0.3, -0.25) is 0 Å². The maximum atomic E-state index is 10.8. The lowest BCUT2D eigenvalue weighted by Gasteiger charge is -2.39. The summed E-state index contributed by atoms with van der Waals surface area (Å²) in [6, 6.07) is 4.66. The van der Waals surface area contributed by atoms with Gasteiger partial charge in [-0.15, -0.1) is 0 Å². The SMILES string of the molecule is Cc1ccc(-c2noc(C)n2)c(N2CC[C@H](NC3CCCCC3)[C@H](O)C2)n1. The fraction of sp³-hybridized carbons (Fsp3) is 0.650. The zero-order valence-corrected chi connectivity index (χ0v) is 16.2. The number of nitrogens with one attached hydrogen (secondary N) is 1. The Balaban J connectivity index is 1.49. The molecule has 2 aromatic rings. The first-order chi connectivity index (χ1) is 13.1. The maximum absolute atomic E-state index is 10.8. The minimum Gasteiger partial charge on any atom is -0.390 e. The topological polar surface area (TPSA) is 87.3 Å². The van der Waals surface area contributed by atoms with E-state index in [0.29, 0.717) is 24.3 Å². The summed E-state index contributed by atoms with van der Waals surface area (Å²) in [5.74, 6) is 1.91. The highest BCUT2D eigenvalue weighted by Crippen LogP contribution is 2.30. The van der Waals surface area contributed by atoms with Crippen molar-refractivity contribution in [3.63, 3.8) is 0 Å². The summed E-state index contributed by atoms with van der Waals surface area (Å²) in [4.78, 5) is 11.2. The Morgan fingerprint density at radius 2 is 1.93 bits per heavy atom. The average Bonchev–Trinajstić information content (AvgIpc) is 3.10. The Labute approximate surface area is 160 Å². The van der Waals surface area contributed by atoms with Crippen LogP contribution in [0.5, 0.6) is 0 Å². The molecule has 2 N–H and O–H groups in total. The van der Waals surface area contributed by atoms with Gasteiger partial charge in [0.1, 0.15) is 5.82 Å². The number of aromatic nitrogens is 3. The van der Waals surface area contributed by atoms with E-state index >= 15 is 0 Å². The number of aryl methyl sites for hydroxylation is 2. The highest BCUT2D eigenvalue weighted by atomic mass is 16.5. The number of aliphatic hydroxyl groups is 1. The van der Waals surface area contributed by atoms with Crippen LogP contribution in [0, 0.1) is 13.8 Å². The second-order valence-corrected chi connectivity index (χ2v) is 7.87. The number of rotatable bonds is 4. The van der Waals surface area contributed by atoms with Gasteiger partial charge in [0.2, 0.25) is 11.7 Å². The number of hydrogen-bond donors (Lipinski definition) is 2. The maximum Gasteiger partial charge on any atom is 0.223 e. The molecule has 0 aromatic carbocycles. The highest BCUT2D eigenvalue weighted by molar-refractivity contribution is 5.71. The minimum absolute atomic E-state index is 0.157. The van der Waals surface area contributed by atoms with Gasteiger partial charge in [0, 0.05) is 37.8 Å². The third-order valence-electron chi connectivity index (χ3n) is 5.72. The summed E-state index contributed by atoms with van der Waals surface area (Å²) in [6.45, 7) is 5.17. The van der Waals surface area contributed by atoms with Crippen molar-refractivity contribution in [2.75, 3.05) is 18.0 Å². The third kappa shape index (κ3) is 4.14. The molecule has 2 atom stereocenters. The number of hydrogen-bond acceptors (Lipinski definition) is 7. The zero-order chi connectivity index (χ0) is 18.8. The lowest BCUT2D eigenvalue weighted by Crippen LogP contribution is -2.55. The zero-order valence-electron chi connectivity index (χ0n) is 16.2. The summed E-state index contributed by atoms with van der Waals surface area (Å²) in [5.41, 5.74) is 1.79. The van der Waals surface area contributed by atoms with Gasteiger partial charge in [-0.2, -0.15) is 4.98 Å². The predicted molar refractivity (Wildman–Crippen MR) is 104 cm³/mol. The van der Waals surface area contributed by atoms with Crippen LogP contribution in [-0.4, -0.2) is 51.5 Å². The van der Waals surface area contributed by atoms with E-state index in [4.69, 9.17) is 9.51 Å². The minimum atomic E-state index is -0.414.